The molecule has 1 fully saturated rings. The van der Waals surface area contributed by atoms with Crippen molar-refractivity contribution in [2.75, 3.05) is 26.3 Å². The van der Waals surface area contributed by atoms with E-state index in [-0.39, 0.29) is 5.91 Å². The Hall–Kier alpha value is -0.610. The first-order valence-electron chi connectivity index (χ1n) is 3.81. The third-order valence-electron chi connectivity index (χ3n) is 1.97. The Morgan fingerprint density at radius 2 is 2.36 bits per heavy atom. The number of amides is 1. The average Bonchev–Trinajstić information content (AvgIpc) is 1.87. The van der Waals surface area contributed by atoms with Gasteiger partial charge in [0.25, 0.3) is 0 Å². The predicted octanol–water partition coefficient (Wildman–Crippen LogP) is -0.902. The normalized spacial score (nSPS) is 20.5. The monoisotopic (exact) mass is 158 g/mol. The molecule has 0 spiro atoms. The molecule has 1 saturated heterocycles. The third kappa shape index (κ3) is 1.36. The van der Waals surface area contributed by atoms with Gasteiger partial charge in [0.05, 0.1) is 13.2 Å². The van der Waals surface area contributed by atoms with Gasteiger partial charge in [-0.05, 0) is 6.92 Å². The minimum atomic E-state index is -0.421. The molecule has 1 heterocycles. The summed E-state index contributed by atoms with van der Waals surface area (Å²) in [5, 5.41) is 2.74. The molecule has 0 aromatic heterocycles. The van der Waals surface area contributed by atoms with E-state index in [9.17, 15) is 4.79 Å². The van der Waals surface area contributed by atoms with Crippen molar-refractivity contribution in [1.29, 1.82) is 0 Å². The number of hydrogen-bond donors (Lipinski definition) is 2. The van der Waals surface area contributed by atoms with Crippen LogP contribution >= 0.6 is 0 Å². The van der Waals surface area contributed by atoms with Crippen LogP contribution in [0.2, 0.25) is 0 Å². The highest BCUT2D eigenvalue weighted by molar-refractivity contribution is 5.83. The summed E-state index contributed by atoms with van der Waals surface area (Å²) >= 11 is 0. The Morgan fingerprint density at radius 1 is 1.73 bits per heavy atom. The van der Waals surface area contributed by atoms with Crippen LogP contribution in [0.5, 0.6) is 0 Å². The first kappa shape index (κ1) is 8.49. The van der Waals surface area contributed by atoms with Gasteiger partial charge in [-0.3, -0.25) is 4.79 Å². The van der Waals surface area contributed by atoms with Gasteiger partial charge in [0.1, 0.15) is 5.41 Å². The number of nitrogens with two attached hydrogens (primary N) is 1. The molecular formula is C7H14N2O2. The minimum Gasteiger partial charge on any atom is -0.379 e. The van der Waals surface area contributed by atoms with Crippen molar-refractivity contribution in [2.24, 2.45) is 11.1 Å². The van der Waals surface area contributed by atoms with Gasteiger partial charge < -0.3 is 15.8 Å². The fourth-order valence-corrected chi connectivity index (χ4v) is 1.04. The molecule has 11 heavy (non-hydrogen) atoms. The molecule has 0 bridgehead atoms. The number of carbonyl (C=O) groups is 1. The molecule has 0 radical (unpaired) electrons. The van der Waals surface area contributed by atoms with Crippen LogP contribution in [0.25, 0.3) is 0 Å². The Balaban J connectivity index is 2.47. The maximum Gasteiger partial charge on any atom is 0.232 e. The van der Waals surface area contributed by atoms with Crippen LogP contribution in [-0.4, -0.2) is 32.2 Å². The molecular weight excluding hydrogens is 144 g/mol. The van der Waals surface area contributed by atoms with E-state index in [2.05, 4.69) is 5.32 Å². The van der Waals surface area contributed by atoms with Gasteiger partial charge in [0.15, 0.2) is 0 Å². The molecule has 4 heteroatoms. The van der Waals surface area contributed by atoms with Gasteiger partial charge in [-0.2, -0.15) is 0 Å². The van der Waals surface area contributed by atoms with Crippen molar-refractivity contribution in [2.45, 2.75) is 6.92 Å². The second kappa shape index (κ2) is 3.19. The topological polar surface area (TPSA) is 64.4 Å². The summed E-state index contributed by atoms with van der Waals surface area (Å²) in [7, 11) is 0. The summed E-state index contributed by atoms with van der Waals surface area (Å²) in [6.07, 6.45) is 0. The van der Waals surface area contributed by atoms with Crippen molar-refractivity contribution >= 4 is 5.91 Å². The van der Waals surface area contributed by atoms with E-state index >= 15 is 0 Å². The lowest BCUT2D eigenvalue weighted by Crippen LogP contribution is -2.58. The van der Waals surface area contributed by atoms with E-state index in [1.54, 1.807) is 0 Å². The molecule has 0 saturated carbocycles. The van der Waals surface area contributed by atoms with Gasteiger partial charge >= 0.3 is 0 Å². The van der Waals surface area contributed by atoms with Gasteiger partial charge in [0, 0.05) is 13.1 Å². The van der Waals surface area contributed by atoms with E-state index < -0.39 is 5.41 Å². The van der Waals surface area contributed by atoms with Crippen molar-refractivity contribution in [3.63, 3.8) is 0 Å². The molecule has 0 unspecified atom stereocenters. The highest BCUT2D eigenvalue weighted by atomic mass is 16.5. The van der Waals surface area contributed by atoms with Crippen LogP contribution in [0, 0.1) is 5.41 Å². The predicted molar refractivity (Wildman–Crippen MR) is 41.0 cm³/mol. The Labute approximate surface area is 66.1 Å². The maximum atomic E-state index is 11.3. The lowest BCUT2D eigenvalue weighted by atomic mass is 9.85. The molecule has 0 aliphatic carbocycles. The third-order valence-corrected chi connectivity index (χ3v) is 1.97. The lowest BCUT2D eigenvalue weighted by Gasteiger charge is -2.38. The molecule has 3 N–H and O–H groups in total. The van der Waals surface area contributed by atoms with Crippen LogP contribution in [-0.2, 0) is 9.53 Å². The molecule has 1 rings (SSSR count). The zero-order valence-electron chi connectivity index (χ0n) is 6.72. The molecule has 1 aliphatic heterocycles. The molecule has 0 aromatic rings. The van der Waals surface area contributed by atoms with E-state index in [1.807, 2.05) is 6.92 Å². The fourth-order valence-electron chi connectivity index (χ4n) is 1.04. The standard InChI is InChI=1S/C7H14N2O2/c1-2-9-6(10)7(3-8)4-11-5-7/h2-5,8H2,1H3,(H,9,10). The zero-order valence-corrected chi connectivity index (χ0v) is 6.72. The maximum absolute atomic E-state index is 11.3. The Bertz CT molecular complexity index is 149. The molecule has 0 aromatic carbocycles. The van der Waals surface area contributed by atoms with Crippen LogP contribution in [0.4, 0.5) is 0 Å². The zero-order chi connectivity index (χ0) is 8.32. The summed E-state index contributed by atoms with van der Waals surface area (Å²) in [4.78, 5) is 11.3. The summed E-state index contributed by atoms with van der Waals surface area (Å²) in [5.74, 6) is 0.0220. The first-order valence-corrected chi connectivity index (χ1v) is 3.81. The fraction of sp³-hybridized carbons (Fsp3) is 0.857. The van der Waals surface area contributed by atoms with Crippen molar-refractivity contribution in [3.05, 3.63) is 0 Å². The smallest absolute Gasteiger partial charge is 0.232 e. The minimum absolute atomic E-state index is 0.0220. The van der Waals surface area contributed by atoms with E-state index in [1.165, 1.54) is 0 Å². The quantitative estimate of drug-likeness (QED) is 0.559. The lowest BCUT2D eigenvalue weighted by molar-refractivity contribution is -0.159. The van der Waals surface area contributed by atoms with Gasteiger partial charge in [-0.15, -0.1) is 0 Å². The number of ether oxygens (including phenoxy) is 1. The number of carbonyl (C=O) groups excluding carboxylic acids is 1. The second-order valence-corrected chi connectivity index (χ2v) is 2.84. The largest absolute Gasteiger partial charge is 0.379 e. The number of nitrogens with one attached hydrogen (secondary N) is 1. The second-order valence-electron chi connectivity index (χ2n) is 2.84. The van der Waals surface area contributed by atoms with Crippen LogP contribution in [0.15, 0.2) is 0 Å². The first-order chi connectivity index (χ1) is 5.25. The number of rotatable bonds is 3. The molecule has 1 amide bonds. The van der Waals surface area contributed by atoms with Gasteiger partial charge in [-0.1, -0.05) is 0 Å². The molecule has 4 nitrogen and oxygen atoms in total. The Morgan fingerprint density at radius 3 is 2.64 bits per heavy atom. The highest BCUT2D eigenvalue weighted by Gasteiger charge is 2.44. The van der Waals surface area contributed by atoms with Crippen LogP contribution in [0.1, 0.15) is 6.92 Å². The molecule has 64 valence electrons. The van der Waals surface area contributed by atoms with Crippen LogP contribution < -0.4 is 11.1 Å². The van der Waals surface area contributed by atoms with Gasteiger partial charge in [0.2, 0.25) is 5.91 Å². The molecule has 0 atom stereocenters. The van der Waals surface area contributed by atoms with Crippen molar-refractivity contribution in [3.8, 4) is 0 Å². The Kier molecular flexibility index (Phi) is 2.46. The molecule has 1 aliphatic rings. The summed E-state index contributed by atoms with van der Waals surface area (Å²) in [6.45, 7) is 3.85. The highest BCUT2D eigenvalue weighted by Crippen LogP contribution is 2.25. The van der Waals surface area contributed by atoms with Crippen LogP contribution in [0.3, 0.4) is 0 Å². The number of hydrogen-bond acceptors (Lipinski definition) is 3. The SMILES string of the molecule is CCNC(=O)C1(CN)COC1. The van der Waals surface area contributed by atoms with Crippen molar-refractivity contribution < 1.29 is 9.53 Å². The van der Waals surface area contributed by atoms with E-state index in [4.69, 9.17) is 10.5 Å². The van der Waals surface area contributed by atoms with E-state index in [0.717, 1.165) is 0 Å². The summed E-state index contributed by atoms with van der Waals surface area (Å²) < 4.78 is 4.96. The average molecular weight is 158 g/mol. The van der Waals surface area contributed by atoms with E-state index in [0.29, 0.717) is 26.3 Å². The van der Waals surface area contributed by atoms with Crippen molar-refractivity contribution in [1.82, 2.24) is 5.32 Å². The van der Waals surface area contributed by atoms with Gasteiger partial charge in [-0.25, -0.2) is 0 Å². The summed E-state index contributed by atoms with van der Waals surface area (Å²) in [5.41, 5.74) is 5.04. The summed E-state index contributed by atoms with van der Waals surface area (Å²) in [6, 6.07) is 0.